The van der Waals surface area contributed by atoms with Crippen LogP contribution in [0.25, 0.3) is 0 Å². The molecule has 0 fully saturated rings. The number of rotatable bonds is 2. The molecule has 1 atom stereocenters. The standard InChI is InChI=1S/C11H14F2O2/c1-6-4-5-7(9(13)8(6)12)10(14)11(2,3)15/h4-5,10,14-15H,1-3H3. The molecule has 4 heteroatoms. The zero-order valence-electron chi connectivity index (χ0n) is 8.88. The Labute approximate surface area is 87.2 Å². The van der Waals surface area contributed by atoms with E-state index < -0.39 is 23.3 Å². The van der Waals surface area contributed by atoms with E-state index in [1.165, 1.54) is 32.9 Å². The van der Waals surface area contributed by atoms with E-state index in [-0.39, 0.29) is 11.1 Å². The van der Waals surface area contributed by atoms with Crippen LogP contribution in [0, 0.1) is 18.6 Å². The second-order valence-electron chi connectivity index (χ2n) is 4.16. The van der Waals surface area contributed by atoms with Gasteiger partial charge in [-0.3, -0.25) is 0 Å². The van der Waals surface area contributed by atoms with Crippen molar-refractivity contribution in [2.24, 2.45) is 0 Å². The first-order chi connectivity index (χ1) is 6.75. The van der Waals surface area contributed by atoms with Gasteiger partial charge in [0.25, 0.3) is 0 Å². The van der Waals surface area contributed by atoms with Crippen molar-refractivity contribution in [3.05, 3.63) is 34.9 Å². The molecule has 2 N–H and O–H groups in total. The Kier molecular flexibility index (Phi) is 3.11. The van der Waals surface area contributed by atoms with Gasteiger partial charge in [-0.25, -0.2) is 8.78 Å². The van der Waals surface area contributed by atoms with Gasteiger partial charge in [-0.2, -0.15) is 0 Å². The number of aliphatic hydroxyl groups is 2. The van der Waals surface area contributed by atoms with Crippen molar-refractivity contribution >= 4 is 0 Å². The molecule has 0 heterocycles. The van der Waals surface area contributed by atoms with Crippen LogP contribution in [0.15, 0.2) is 12.1 Å². The van der Waals surface area contributed by atoms with Crippen molar-refractivity contribution in [2.45, 2.75) is 32.5 Å². The predicted molar refractivity (Wildman–Crippen MR) is 52.4 cm³/mol. The number of hydrogen-bond donors (Lipinski definition) is 2. The topological polar surface area (TPSA) is 40.5 Å². The molecule has 1 aromatic carbocycles. The molecule has 0 saturated heterocycles. The Morgan fingerprint density at radius 1 is 1.20 bits per heavy atom. The van der Waals surface area contributed by atoms with Gasteiger partial charge < -0.3 is 10.2 Å². The van der Waals surface area contributed by atoms with Gasteiger partial charge in [0.2, 0.25) is 0 Å². The van der Waals surface area contributed by atoms with Gasteiger partial charge in [0.1, 0.15) is 6.10 Å². The van der Waals surface area contributed by atoms with Crippen LogP contribution in [0.2, 0.25) is 0 Å². The monoisotopic (exact) mass is 216 g/mol. The average molecular weight is 216 g/mol. The van der Waals surface area contributed by atoms with Gasteiger partial charge in [-0.05, 0) is 26.3 Å². The van der Waals surface area contributed by atoms with Gasteiger partial charge in [0.15, 0.2) is 11.6 Å². The number of aryl methyl sites for hydroxylation is 1. The van der Waals surface area contributed by atoms with Crippen LogP contribution < -0.4 is 0 Å². The molecule has 0 bridgehead atoms. The Balaban J connectivity index is 3.23. The SMILES string of the molecule is Cc1ccc(C(O)C(C)(C)O)c(F)c1F. The first-order valence-corrected chi connectivity index (χ1v) is 4.60. The Bertz CT molecular complexity index is 370. The smallest absolute Gasteiger partial charge is 0.164 e. The zero-order chi connectivity index (χ0) is 11.8. The lowest BCUT2D eigenvalue weighted by Gasteiger charge is -2.25. The van der Waals surface area contributed by atoms with E-state index in [9.17, 15) is 19.0 Å². The van der Waals surface area contributed by atoms with Gasteiger partial charge in [-0.1, -0.05) is 12.1 Å². The molecule has 0 spiro atoms. The maximum atomic E-state index is 13.4. The average Bonchev–Trinajstić information content (AvgIpc) is 2.12. The molecule has 1 unspecified atom stereocenters. The van der Waals surface area contributed by atoms with E-state index in [4.69, 9.17) is 0 Å². The molecular formula is C11H14F2O2. The van der Waals surface area contributed by atoms with E-state index in [1.54, 1.807) is 0 Å². The van der Waals surface area contributed by atoms with Crippen LogP contribution in [-0.4, -0.2) is 15.8 Å². The minimum Gasteiger partial charge on any atom is -0.387 e. The van der Waals surface area contributed by atoms with Crippen LogP contribution in [-0.2, 0) is 0 Å². The van der Waals surface area contributed by atoms with Crippen molar-refractivity contribution in [3.63, 3.8) is 0 Å². The van der Waals surface area contributed by atoms with Gasteiger partial charge in [-0.15, -0.1) is 0 Å². The third kappa shape index (κ3) is 2.33. The molecule has 1 rings (SSSR count). The quantitative estimate of drug-likeness (QED) is 0.794. The Hall–Kier alpha value is -1.00. The highest BCUT2D eigenvalue weighted by atomic mass is 19.2. The van der Waals surface area contributed by atoms with Crippen LogP contribution >= 0.6 is 0 Å². The molecule has 0 aliphatic heterocycles. The highest BCUT2D eigenvalue weighted by Gasteiger charge is 2.29. The summed E-state index contributed by atoms with van der Waals surface area (Å²) < 4.78 is 26.6. The summed E-state index contributed by atoms with van der Waals surface area (Å²) in [5, 5.41) is 19.1. The van der Waals surface area contributed by atoms with Gasteiger partial charge in [0, 0.05) is 5.56 Å². The minimum absolute atomic E-state index is 0.166. The molecule has 1 aromatic rings. The van der Waals surface area contributed by atoms with E-state index in [2.05, 4.69) is 0 Å². The van der Waals surface area contributed by atoms with Crippen molar-refractivity contribution in [2.75, 3.05) is 0 Å². The second kappa shape index (κ2) is 3.87. The summed E-state index contributed by atoms with van der Waals surface area (Å²) in [5.41, 5.74) is -1.58. The number of benzene rings is 1. The molecular weight excluding hydrogens is 202 g/mol. The van der Waals surface area contributed by atoms with Crippen LogP contribution in [0.5, 0.6) is 0 Å². The molecule has 0 radical (unpaired) electrons. The normalized spacial score (nSPS) is 14.1. The fraction of sp³-hybridized carbons (Fsp3) is 0.455. The molecule has 15 heavy (non-hydrogen) atoms. The fourth-order valence-electron chi connectivity index (χ4n) is 1.25. The number of aliphatic hydroxyl groups excluding tert-OH is 1. The predicted octanol–water partition coefficient (Wildman–Crippen LogP) is 2.08. The van der Waals surface area contributed by atoms with Crippen molar-refractivity contribution < 1.29 is 19.0 Å². The third-order valence-corrected chi connectivity index (χ3v) is 2.27. The fourth-order valence-corrected chi connectivity index (χ4v) is 1.25. The first kappa shape index (κ1) is 12.1. The summed E-state index contributed by atoms with van der Waals surface area (Å²) in [6.07, 6.45) is -1.45. The summed E-state index contributed by atoms with van der Waals surface area (Å²) >= 11 is 0. The van der Waals surface area contributed by atoms with Crippen molar-refractivity contribution in [1.29, 1.82) is 0 Å². The molecule has 0 aromatic heterocycles. The maximum Gasteiger partial charge on any atom is 0.164 e. The third-order valence-electron chi connectivity index (χ3n) is 2.27. The molecule has 0 aliphatic rings. The number of halogens is 2. The van der Waals surface area contributed by atoms with Crippen molar-refractivity contribution in [3.8, 4) is 0 Å². The Morgan fingerprint density at radius 2 is 1.73 bits per heavy atom. The molecule has 2 nitrogen and oxygen atoms in total. The summed E-state index contributed by atoms with van der Waals surface area (Å²) in [6.45, 7) is 4.09. The second-order valence-corrected chi connectivity index (χ2v) is 4.16. The molecule has 0 aliphatic carbocycles. The van der Waals surface area contributed by atoms with Crippen LogP contribution in [0.4, 0.5) is 8.78 Å². The van der Waals surface area contributed by atoms with Crippen LogP contribution in [0.3, 0.4) is 0 Å². The summed E-state index contributed by atoms with van der Waals surface area (Å²) in [5.74, 6) is -2.10. The minimum atomic E-state index is -1.51. The lowest BCUT2D eigenvalue weighted by Crippen LogP contribution is -2.29. The lowest BCUT2D eigenvalue weighted by atomic mass is 9.93. The molecule has 0 amide bonds. The van der Waals surface area contributed by atoms with E-state index in [0.29, 0.717) is 0 Å². The van der Waals surface area contributed by atoms with E-state index in [0.717, 1.165) is 0 Å². The molecule has 84 valence electrons. The summed E-state index contributed by atoms with van der Waals surface area (Å²) in [6, 6.07) is 2.64. The van der Waals surface area contributed by atoms with E-state index >= 15 is 0 Å². The molecule has 0 saturated carbocycles. The Morgan fingerprint density at radius 3 is 2.20 bits per heavy atom. The van der Waals surface area contributed by atoms with Gasteiger partial charge in [0.05, 0.1) is 5.60 Å². The zero-order valence-corrected chi connectivity index (χ0v) is 8.88. The van der Waals surface area contributed by atoms with Crippen LogP contribution in [0.1, 0.15) is 31.1 Å². The summed E-state index contributed by atoms with van der Waals surface area (Å²) in [4.78, 5) is 0. The number of hydrogen-bond acceptors (Lipinski definition) is 2. The summed E-state index contributed by atoms with van der Waals surface area (Å²) in [7, 11) is 0. The lowest BCUT2D eigenvalue weighted by molar-refractivity contribution is -0.0515. The van der Waals surface area contributed by atoms with Crippen molar-refractivity contribution in [1.82, 2.24) is 0 Å². The maximum absolute atomic E-state index is 13.4. The van der Waals surface area contributed by atoms with E-state index in [1.807, 2.05) is 0 Å². The largest absolute Gasteiger partial charge is 0.387 e. The van der Waals surface area contributed by atoms with Gasteiger partial charge >= 0.3 is 0 Å². The first-order valence-electron chi connectivity index (χ1n) is 4.60. The highest BCUT2D eigenvalue weighted by Crippen LogP contribution is 2.29. The highest BCUT2D eigenvalue weighted by molar-refractivity contribution is 5.28.